The summed E-state index contributed by atoms with van der Waals surface area (Å²) in [5.41, 5.74) is 2.26. The van der Waals surface area contributed by atoms with Crippen molar-refractivity contribution >= 4 is 23.4 Å². The lowest BCUT2D eigenvalue weighted by Gasteiger charge is -2.24. The molecule has 3 heterocycles. The summed E-state index contributed by atoms with van der Waals surface area (Å²) in [6.07, 6.45) is 5.30. The fourth-order valence-corrected chi connectivity index (χ4v) is 4.61. The van der Waals surface area contributed by atoms with E-state index in [-0.39, 0.29) is 12.2 Å². The van der Waals surface area contributed by atoms with Gasteiger partial charge in [0, 0.05) is 18.8 Å². The summed E-state index contributed by atoms with van der Waals surface area (Å²) in [5, 5.41) is 4.15. The fourth-order valence-electron chi connectivity index (χ4n) is 3.56. The Labute approximate surface area is 182 Å². The van der Waals surface area contributed by atoms with Crippen LogP contribution in [0, 0.1) is 0 Å². The Balaban J connectivity index is 1.94. The second kappa shape index (κ2) is 8.35. The molecule has 9 heteroatoms. The number of allylic oxidation sites excluding steroid dienone is 1. The van der Waals surface area contributed by atoms with Gasteiger partial charge in [0.2, 0.25) is 0 Å². The van der Waals surface area contributed by atoms with Gasteiger partial charge in [-0.2, -0.15) is 5.10 Å². The van der Waals surface area contributed by atoms with Gasteiger partial charge in [0.25, 0.3) is 5.56 Å². The van der Waals surface area contributed by atoms with E-state index in [9.17, 15) is 9.59 Å². The third-order valence-electron chi connectivity index (χ3n) is 4.97. The molecule has 8 nitrogen and oxygen atoms in total. The molecule has 31 heavy (non-hydrogen) atoms. The van der Waals surface area contributed by atoms with E-state index in [2.05, 4.69) is 10.1 Å². The standard InChI is InChI=1S/C22H22N4O4S/c1-5-30-21(28)18-13(2)24-22-26(19(18)15-6-8-16(29-4)9-7-15)20(27)17(31-22)10-14-11-23-25(3)12-14/h6-12,19H,5H2,1-4H3/b17-10-/t19-/m1/s1. The molecule has 0 saturated carbocycles. The average Bonchev–Trinajstić information content (AvgIpc) is 3.30. The molecule has 0 spiro atoms. The van der Waals surface area contributed by atoms with E-state index in [1.165, 1.54) is 11.3 Å². The van der Waals surface area contributed by atoms with Crippen molar-refractivity contribution in [3.63, 3.8) is 0 Å². The molecular weight excluding hydrogens is 416 g/mol. The number of esters is 1. The molecule has 160 valence electrons. The number of hydrogen-bond acceptors (Lipinski definition) is 7. The van der Waals surface area contributed by atoms with Gasteiger partial charge in [-0.3, -0.25) is 14.0 Å². The van der Waals surface area contributed by atoms with E-state index in [1.54, 1.807) is 54.6 Å². The molecule has 4 rings (SSSR count). The van der Waals surface area contributed by atoms with Gasteiger partial charge >= 0.3 is 5.97 Å². The highest BCUT2D eigenvalue weighted by molar-refractivity contribution is 7.07. The zero-order chi connectivity index (χ0) is 22.1. The lowest BCUT2D eigenvalue weighted by atomic mass is 9.96. The Hall–Kier alpha value is -3.46. The zero-order valence-electron chi connectivity index (χ0n) is 17.7. The monoisotopic (exact) mass is 438 g/mol. The number of thiazole rings is 1. The van der Waals surface area contributed by atoms with E-state index in [4.69, 9.17) is 9.47 Å². The van der Waals surface area contributed by atoms with Crippen LogP contribution in [0.3, 0.4) is 0 Å². The van der Waals surface area contributed by atoms with Crippen molar-refractivity contribution in [3.05, 3.63) is 78.7 Å². The lowest BCUT2D eigenvalue weighted by Crippen LogP contribution is -2.39. The van der Waals surface area contributed by atoms with Gasteiger partial charge in [0.05, 0.1) is 41.8 Å². The van der Waals surface area contributed by atoms with Crippen LogP contribution in [0.15, 0.2) is 57.7 Å². The van der Waals surface area contributed by atoms with Gasteiger partial charge in [0.1, 0.15) is 5.75 Å². The van der Waals surface area contributed by atoms with Crippen LogP contribution >= 0.6 is 11.3 Å². The second-order valence-electron chi connectivity index (χ2n) is 7.02. The molecule has 0 amide bonds. The van der Waals surface area contributed by atoms with Crippen LogP contribution in [0.5, 0.6) is 5.75 Å². The molecule has 0 radical (unpaired) electrons. The summed E-state index contributed by atoms with van der Waals surface area (Å²) in [4.78, 5) is 31.4. The largest absolute Gasteiger partial charge is 0.497 e. The smallest absolute Gasteiger partial charge is 0.338 e. The molecule has 1 aliphatic rings. The lowest BCUT2D eigenvalue weighted by molar-refractivity contribution is -0.139. The van der Waals surface area contributed by atoms with E-state index in [0.717, 1.165) is 11.1 Å². The van der Waals surface area contributed by atoms with Crippen LogP contribution in [0.25, 0.3) is 6.08 Å². The fraction of sp³-hybridized carbons (Fsp3) is 0.273. The predicted octanol–water partition coefficient (Wildman–Crippen LogP) is 1.54. The molecule has 1 atom stereocenters. The summed E-state index contributed by atoms with van der Waals surface area (Å²) < 4.78 is 14.3. The predicted molar refractivity (Wildman–Crippen MR) is 117 cm³/mol. The zero-order valence-corrected chi connectivity index (χ0v) is 18.5. The highest BCUT2D eigenvalue weighted by Crippen LogP contribution is 2.31. The highest BCUT2D eigenvalue weighted by Gasteiger charge is 2.33. The Morgan fingerprint density at radius 2 is 2.03 bits per heavy atom. The number of nitrogens with zero attached hydrogens (tertiary/aromatic N) is 4. The quantitative estimate of drug-likeness (QED) is 0.564. The summed E-state index contributed by atoms with van der Waals surface area (Å²) in [5.74, 6) is 0.206. The summed E-state index contributed by atoms with van der Waals surface area (Å²) >= 11 is 1.28. The van der Waals surface area contributed by atoms with Crippen molar-refractivity contribution in [3.8, 4) is 5.75 Å². The molecule has 0 N–H and O–H groups in total. The van der Waals surface area contributed by atoms with Crippen molar-refractivity contribution in [2.24, 2.45) is 12.0 Å². The topological polar surface area (TPSA) is 87.7 Å². The Kier molecular flexibility index (Phi) is 5.60. The average molecular weight is 439 g/mol. The molecule has 0 unspecified atom stereocenters. The van der Waals surface area contributed by atoms with Crippen molar-refractivity contribution in [2.45, 2.75) is 19.9 Å². The van der Waals surface area contributed by atoms with Gasteiger partial charge < -0.3 is 9.47 Å². The third-order valence-corrected chi connectivity index (χ3v) is 5.95. The van der Waals surface area contributed by atoms with E-state index in [1.807, 2.05) is 25.4 Å². The summed E-state index contributed by atoms with van der Waals surface area (Å²) in [6.45, 7) is 3.75. The van der Waals surface area contributed by atoms with Crippen LogP contribution < -0.4 is 19.6 Å². The van der Waals surface area contributed by atoms with E-state index >= 15 is 0 Å². The van der Waals surface area contributed by atoms with Crippen molar-refractivity contribution in [2.75, 3.05) is 13.7 Å². The van der Waals surface area contributed by atoms with Crippen LogP contribution in [-0.2, 0) is 16.6 Å². The minimum atomic E-state index is -0.641. The van der Waals surface area contributed by atoms with Gasteiger partial charge in [-0.05, 0) is 37.6 Å². The first kappa shape index (κ1) is 20.8. The number of aryl methyl sites for hydroxylation is 1. The first-order chi connectivity index (χ1) is 14.9. The molecule has 3 aromatic rings. The van der Waals surface area contributed by atoms with Crippen molar-refractivity contribution in [1.29, 1.82) is 0 Å². The van der Waals surface area contributed by atoms with E-state index in [0.29, 0.717) is 26.4 Å². The maximum Gasteiger partial charge on any atom is 0.338 e. The first-order valence-corrected chi connectivity index (χ1v) is 10.6. The number of ether oxygens (including phenoxy) is 2. The summed E-state index contributed by atoms with van der Waals surface area (Å²) in [6, 6.07) is 6.66. The Morgan fingerprint density at radius 3 is 2.65 bits per heavy atom. The maximum absolute atomic E-state index is 13.4. The first-order valence-electron chi connectivity index (χ1n) is 9.75. The number of benzene rings is 1. The van der Waals surface area contributed by atoms with Crippen LogP contribution in [0.4, 0.5) is 0 Å². The minimum Gasteiger partial charge on any atom is -0.497 e. The molecule has 0 bridgehead atoms. The summed E-state index contributed by atoms with van der Waals surface area (Å²) in [7, 11) is 3.40. The van der Waals surface area contributed by atoms with Gasteiger partial charge in [-0.25, -0.2) is 9.79 Å². The molecule has 1 aliphatic heterocycles. The number of rotatable bonds is 5. The Morgan fingerprint density at radius 1 is 1.29 bits per heavy atom. The molecule has 0 saturated heterocycles. The second-order valence-corrected chi connectivity index (χ2v) is 8.03. The van der Waals surface area contributed by atoms with E-state index < -0.39 is 12.0 Å². The van der Waals surface area contributed by atoms with Gasteiger partial charge in [0.15, 0.2) is 4.80 Å². The van der Waals surface area contributed by atoms with Crippen LogP contribution in [0.1, 0.15) is 31.0 Å². The molecule has 1 aromatic carbocycles. The number of carbonyl (C=O) groups excluding carboxylic acids is 1. The molecule has 2 aromatic heterocycles. The number of fused-ring (bicyclic) bond motifs is 1. The molecule has 0 fully saturated rings. The molecular formula is C22H22N4O4S. The van der Waals surface area contributed by atoms with Crippen LogP contribution in [-0.4, -0.2) is 34.0 Å². The number of carbonyl (C=O) groups is 1. The third kappa shape index (κ3) is 3.84. The van der Waals surface area contributed by atoms with Crippen molar-refractivity contribution < 1.29 is 14.3 Å². The van der Waals surface area contributed by atoms with Crippen molar-refractivity contribution in [1.82, 2.24) is 14.3 Å². The van der Waals surface area contributed by atoms with Crippen LogP contribution in [0.2, 0.25) is 0 Å². The normalized spacial score (nSPS) is 16.1. The number of hydrogen-bond donors (Lipinski definition) is 0. The maximum atomic E-state index is 13.4. The molecule has 0 aliphatic carbocycles. The van der Waals surface area contributed by atoms with Gasteiger partial charge in [-0.1, -0.05) is 23.5 Å². The number of methoxy groups -OCH3 is 1. The van der Waals surface area contributed by atoms with Gasteiger partial charge in [-0.15, -0.1) is 0 Å². The minimum absolute atomic E-state index is 0.220. The highest BCUT2D eigenvalue weighted by atomic mass is 32.1. The Bertz CT molecular complexity index is 1350. The number of aromatic nitrogens is 3. The SMILES string of the molecule is CCOC(=O)C1=C(C)N=c2s/c(=C\c3cnn(C)c3)c(=O)n2[C@@H]1c1ccc(OC)cc1.